The average molecular weight is 300 g/mol. The van der Waals surface area contributed by atoms with Crippen molar-refractivity contribution in [2.24, 2.45) is 5.41 Å². The van der Waals surface area contributed by atoms with Crippen molar-refractivity contribution >= 4 is 12.0 Å². The van der Waals surface area contributed by atoms with E-state index in [1.165, 1.54) is 0 Å². The van der Waals surface area contributed by atoms with Crippen molar-refractivity contribution in [2.45, 2.75) is 59.1 Å². The molecule has 1 rings (SSSR count). The highest BCUT2D eigenvalue weighted by Gasteiger charge is 2.45. The van der Waals surface area contributed by atoms with E-state index in [2.05, 4.69) is 5.32 Å². The van der Waals surface area contributed by atoms with Crippen LogP contribution in [-0.4, -0.2) is 53.3 Å². The number of ether oxygens (including phenoxy) is 1. The van der Waals surface area contributed by atoms with E-state index in [9.17, 15) is 14.7 Å². The van der Waals surface area contributed by atoms with Gasteiger partial charge in [0.15, 0.2) is 0 Å². The smallest absolute Gasteiger partial charge is 0.317 e. The Labute approximate surface area is 126 Å². The minimum atomic E-state index is -1.05. The van der Waals surface area contributed by atoms with E-state index in [0.717, 1.165) is 12.8 Å². The van der Waals surface area contributed by atoms with Crippen molar-refractivity contribution in [2.75, 3.05) is 19.7 Å². The fraction of sp³-hybridized carbons (Fsp3) is 0.867. The summed E-state index contributed by atoms with van der Waals surface area (Å²) in [5.74, 6) is -0.928. The topological polar surface area (TPSA) is 78.9 Å². The van der Waals surface area contributed by atoms with E-state index in [1.807, 2.05) is 6.92 Å². The van der Waals surface area contributed by atoms with Crippen molar-refractivity contribution in [3.05, 3.63) is 0 Å². The highest BCUT2D eigenvalue weighted by molar-refractivity contribution is 5.79. The first-order valence-corrected chi connectivity index (χ1v) is 7.54. The molecule has 0 aromatic rings. The normalized spacial score (nSPS) is 17.7. The zero-order valence-electron chi connectivity index (χ0n) is 13.7. The van der Waals surface area contributed by atoms with Gasteiger partial charge in [0, 0.05) is 19.7 Å². The predicted molar refractivity (Wildman–Crippen MR) is 80.2 cm³/mol. The number of nitrogens with zero attached hydrogens (tertiary/aromatic N) is 1. The number of amides is 2. The summed E-state index contributed by atoms with van der Waals surface area (Å²) in [6, 6.07) is -0.204. The molecule has 0 aliphatic carbocycles. The highest BCUT2D eigenvalue weighted by atomic mass is 16.5. The van der Waals surface area contributed by atoms with E-state index >= 15 is 0 Å². The number of hydrogen-bond donors (Lipinski definition) is 2. The molecule has 1 heterocycles. The van der Waals surface area contributed by atoms with Crippen LogP contribution in [0.3, 0.4) is 0 Å². The summed E-state index contributed by atoms with van der Waals surface area (Å²) in [7, 11) is 0. The fourth-order valence-corrected chi connectivity index (χ4v) is 2.23. The molecule has 0 aromatic carbocycles. The third-order valence-electron chi connectivity index (χ3n) is 4.65. The minimum absolute atomic E-state index is 0.204. The number of aliphatic carboxylic acids is 1. The molecule has 0 atom stereocenters. The largest absolute Gasteiger partial charge is 0.481 e. The van der Waals surface area contributed by atoms with Gasteiger partial charge in [0.1, 0.15) is 0 Å². The summed E-state index contributed by atoms with van der Waals surface area (Å²) in [6.45, 7) is 10.7. The maximum atomic E-state index is 12.3. The Hall–Kier alpha value is -1.30. The number of carbonyl (C=O) groups is 2. The molecule has 21 heavy (non-hydrogen) atoms. The molecule has 0 radical (unpaired) electrons. The van der Waals surface area contributed by atoms with E-state index < -0.39 is 16.9 Å². The van der Waals surface area contributed by atoms with E-state index in [1.54, 1.807) is 32.6 Å². The third kappa shape index (κ3) is 4.09. The van der Waals surface area contributed by atoms with Crippen molar-refractivity contribution in [1.82, 2.24) is 10.2 Å². The number of hydrogen-bond acceptors (Lipinski definition) is 3. The average Bonchev–Trinajstić information content (AvgIpc) is 2.39. The van der Waals surface area contributed by atoms with Crippen molar-refractivity contribution < 1.29 is 19.4 Å². The summed E-state index contributed by atoms with van der Waals surface area (Å²) in [5.41, 5.74) is -1.89. The van der Waals surface area contributed by atoms with Crippen LogP contribution in [0.2, 0.25) is 0 Å². The van der Waals surface area contributed by atoms with Crippen LogP contribution in [-0.2, 0) is 9.53 Å². The monoisotopic (exact) mass is 300 g/mol. The summed E-state index contributed by atoms with van der Waals surface area (Å²) in [6.07, 6.45) is 1.87. The first-order valence-electron chi connectivity index (χ1n) is 7.54. The molecule has 1 aliphatic heterocycles. The van der Waals surface area contributed by atoms with Gasteiger partial charge in [-0.15, -0.1) is 0 Å². The predicted octanol–water partition coefficient (Wildman–Crippen LogP) is 2.09. The van der Waals surface area contributed by atoms with E-state index in [4.69, 9.17) is 4.74 Å². The zero-order chi connectivity index (χ0) is 16.3. The summed E-state index contributed by atoms with van der Waals surface area (Å²) in [4.78, 5) is 25.4. The van der Waals surface area contributed by atoms with Crippen LogP contribution in [0, 0.1) is 5.41 Å². The van der Waals surface area contributed by atoms with Gasteiger partial charge < -0.3 is 20.1 Å². The second-order valence-corrected chi connectivity index (χ2v) is 6.63. The molecule has 122 valence electrons. The molecule has 1 aliphatic rings. The van der Waals surface area contributed by atoms with Gasteiger partial charge in [0.2, 0.25) is 0 Å². The summed E-state index contributed by atoms with van der Waals surface area (Å²) in [5, 5.41) is 12.2. The lowest BCUT2D eigenvalue weighted by Gasteiger charge is -2.41. The van der Waals surface area contributed by atoms with Gasteiger partial charge in [-0.05, 0) is 47.5 Å². The highest BCUT2D eigenvalue weighted by Crippen LogP contribution is 2.31. The van der Waals surface area contributed by atoms with Gasteiger partial charge in [-0.1, -0.05) is 0 Å². The van der Waals surface area contributed by atoms with E-state index in [0.29, 0.717) is 19.7 Å². The number of piperidine rings is 1. The number of carbonyl (C=O) groups excluding carboxylic acids is 1. The Morgan fingerprint density at radius 2 is 1.76 bits per heavy atom. The molecule has 0 saturated carbocycles. The molecule has 6 nitrogen and oxygen atoms in total. The number of carboxylic acids is 1. The second kappa shape index (κ2) is 6.64. The third-order valence-corrected chi connectivity index (χ3v) is 4.65. The molecule has 2 amide bonds. The maximum Gasteiger partial charge on any atom is 0.317 e. The van der Waals surface area contributed by atoms with Gasteiger partial charge >= 0.3 is 12.0 Å². The van der Waals surface area contributed by atoms with Crippen LogP contribution in [0.15, 0.2) is 0 Å². The SMILES string of the molecule is CCOC1CCN(C(=O)NC(C)(C)C(C)(C)C(=O)O)CC1. The summed E-state index contributed by atoms with van der Waals surface area (Å²) < 4.78 is 5.56. The first kappa shape index (κ1) is 17.8. The molecule has 0 spiro atoms. The second-order valence-electron chi connectivity index (χ2n) is 6.63. The van der Waals surface area contributed by atoms with Crippen molar-refractivity contribution in [3.8, 4) is 0 Å². The van der Waals surface area contributed by atoms with Crippen LogP contribution in [0.25, 0.3) is 0 Å². The van der Waals surface area contributed by atoms with Gasteiger partial charge in [-0.2, -0.15) is 0 Å². The van der Waals surface area contributed by atoms with Crippen LogP contribution >= 0.6 is 0 Å². The van der Waals surface area contributed by atoms with Crippen molar-refractivity contribution in [1.29, 1.82) is 0 Å². The van der Waals surface area contributed by atoms with Gasteiger partial charge in [-0.25, -0.2) is 4.79 Å². The Bertz CT molecular complexity index is 385. The van der Waals surface area contributed by atoms with Crippen molar-refractivity contribution in [3.63, 3.8) is 0 Å². The molecule has 0 bridgehead atoms. The molecule has 0 aromatic heterocycles. The molecular formula is C15H28N2O4. The number of nitrogens with one attached hydrogen (secondary N) is 1. The Morgan fingerprint density at radius 3 is 2.19 bits per heavy atom. The Kier molecular flexibility index (Phi) is 5.61. The lowest BCUT2D eigenvalue weighted by Crippen LogP contribution is -2.60. The number of likely N-dealkylation sites (tertiary alicyclic amines) is 1. The minimum Gasteiger partial charge on any atom is -0.481 e. The molecule has 1 fully saturated rings. The van der Waals surface area contributed by atoms with Crippen LogP contribution < -0.4 is 5.32 Å². The molecule has 0 unspecified atom stereocenters. The first-order chi connectivity index (χ1) is 9.61. The summed E-state index contributed by atoms with van der Waals surface area (Å²) >= 11 is 0. The van der Waals surface area contributed by atoms with E-state index in [-0.39, 0.29) is 12.1 Å². The van der Waals surface area contributed by atoms with Crippen LogP contribution in [0.4, 0.5) is 4.79 Å². The quantitative estimate of drug-likeness (QED) is 0.815. The molecule has 6 heteroatoms. The van der Waals surface area contributed by atoms with Gasteiger partial charge in [-0.3, -0.25) is 4.79 Å². The molecular weight excluding hydrogens is 272 g/mol. The standard InChI is InChI=1S/C15H28N2O4/c1-6-21-11-7-9-17(10-8-11)13(20)16-15(4,5)14(2,3)12(18)19/h11H,6-10H2,1-5H3,(H,16,20)(H,18,19). The number of urea groups is 1. The van der Waals surface area contributed by atoms with Gasteiger partial charge in [0.25, 0.3) is 0 Å². The van der Waals surface area contributed by atoms with Crippen LogP contribution in [0.5, 0.6) is 0 Å². The Balaban J connectivity index is 2.60. The zero-order valence-corrected chi connectivity index (χ0v) is 13.7. The lowest BCUT2D eigenvalue weighted by atomic mass is 9.74. The molecule has 2 N–H and O–H groups in total. The van der Waals surface area contributed by atoms with Gasteiger partial charge in [0.05, 0.1) is 17.1 Å². The fourth-order valence-electron chi connectivity index (χ4n) is 2.23. The number of rotatable bonds is 5. The maximum absolute atomic E-state index is 12.3. The Morgan fingerprint density at radius 1 is 1.24 bits per heavy atom. The number of carboxylic acid groups (broad SMARTS) is 1. The molecule has 1 saturated heterocycles. The van der Waals surface area contributed by atoms with Crippen LogP contribution in [0.1, 0.15) is 47.5 Å². The lowest BCUT2D eigenvalue weighted by molar-refractivity contribution is -0.150.